The third-order valence-electron chi connectivity index (χ3n) is 6.75. The maximum Gasteiger partial charge on any atom is 0.522 e. The monoisotopic (exact) mass is 472 g/mol. The van der Waals surface area contributed by atoms with Crippen LogP contribution in [0.15, 0.2) is 18.2 Å². The number of carbonyl (C=O) groups is 3. The highest BCUT2D eigenvalue weighted by Gasteiger charge is 2.71. The van der Waals surface area contributed by atoms with E-state index in [-0.39, 0.29) is 43.2 Å². The number of nitrogens with zero attached hydrogens (tertiary/aromatic N) is 1. The van der Waals surface area contributed by atoms with Crippen LogP contribution in [0.4, 0.5) is 17.6 Å². The number of halogens is 4. The Morgan fingerprint density at radius 2 is 1.88 bits per heavy atom. The van der Waals surface area contributed by atoms with Crippen molar-refractivity contribution in [3.8, 4) is 0 Å². The van der Waals surface area contributed by atoms with E-state index < -0.39 is 35.5 Å². The first-order valence-electron chi connectivity index (χ1n) is 10.6. The zero-order chi connectivity index (χ0) is 24.0. The van der Waals surface area contributed by atoms with Crippen LogP contribution in [0.5, 0.6) is 0 Å². The fraction of sp³-hybridized carbons (Fsp3) is 0.591. The molecule has 7 nitrogen and oxygen atoms in total. The molecule has 4 saturated carbocycles. The van der Waals surface area contributed by atoms with Crippen LogP contribution in [0.3, 0.4) is 0 Å². The molecular formula is C22H24F4N2O5. The number of ether oxygens (including phenoxy) is 2. The molecule has 1 aromatic rings. The van der Waals surface area contributed by atoms with E-state index in [0.717, 1.165) is 6.07 Å². The Hall–Kier alpha value is -2.53. The molecular weight excluding hydrogens is 448 g/mol. The summed E-state index contributed by atoms with van der Waals surface area (Å²) < 4.78 is 59.3. The summed E-state index contributed by atoms with van der Waals surface area (Å²) in [5, 5.41) is 2.86. The van der Waals surface area contributed by atoms with Gasteiger partial charge in [0.2, 0.25) is 12.3 Å². The lowest BCUT2D eigenvalue weighted by molar-refractivity contribution is -0.357. The molecule has 0 saturated heterocycles. The van der Waals surface area contributed by atoms with Gasteiger partial charge < -0.3 is 15.0 Å². The van der Waals surface area contributed by atoms with Crippen LogP contribution in [0.25, 0.3) is 0 Å². The smallest absolute Gasteiger partial charge is 0.368 e. The molecule has 0 atom stereocenters. The van der Waals surface area contributed by atoms with Crippen molar-refractivity contribution < 1.29 is 41.4 Å². The van der Waals surface area contributed by atoms with Crippen molar-refractivity contribution in [1.82, 2.24) is 10.2 Å². The molecule has 0 radical (unpaired) electrons. The SMILES string of the molecule is Cc1ccc(C(=O)CN(C=O)C23CC(NC(=O)COC4CC(OC(F)(F)F)C4)(C2)C3)cc1F. The summed E-state index contributed by atoms with van der Waals surface area (Å²) in [6.07, 6.45) is -3.84. The number of Topliss-reactive ketones (excluding diaryl/α,β-unsaturated/α-hetero) is 1. The van der Waals surface area contributed by atoms with E-state index in [9.17, 15) is 31.9 Å². The zero-order valence-corrected chi connectivity index (χ0v) is 17.9. The molecule has 2 amide bonds. The third kappa shape index (κ3) is 4.89. The fourth-order valence-electron chi connectivity index (χ4n) is 4.96. The van der Waals surface area contributed by atoms with E-state index in [1.54, 1.807) is 6.92 Å². The second kappa shape index (κ2) is 8.35. The molecule has 0 aromatic heterocycles. The predicted molar refractivity (Wildman–Crippen MR) is 106 cm³/mol. The van der Waals surface area contributed by atoms with Crippen molar-refractivity contribution >= 4 is 18.1 Å². The number of carbonyl (C=O) groups excluding carboxylic acids is 3. The van der Waals surface area contributed by atoms with Gasteiger partial charge in [0.25, 0.3) is 0 Å². The maximum absolute atomic E-state index is 13.7. The summed E-state index contributed by atoms with van der Waals surface area (Å²) in [6.45, 7) is 1.14. The molecule has 33 heavy (non-hydrogen) atoms. The second-order valence-electron chi connectivity index (χ2n) is 9.29. The first-order valence-corrected chi connectivity index (χ1v) is 10.6. The standard InChI is InChI=1S/C22H24F4N2O5/c1-13-2-3-14(4-17(13)23)18(30)7-28(12-29)21-9-20(10-21,11-21)27-19(31)8-32-15-5-16(6-15)33-22(24,25)26/h2-4,12,15-16H,5-11H2,1H3,(H,27,31). The van der Waals surface area contributed by atoms with Crippen LogP contribution < -0.4 is 5.32 Å². The van der Waals surface area contributed by atoms with Crippen molar-refractivity contribution in [1.29, 1.82) is 0 Å². The van der Waals surface area contributed by atoms with Crippen molar-refractivity contribution in [2.45, 2.75) is 68.7 Å². The molecule has 0 unspecified atom stereocenters. The molecule has 11 heteroatoms. The van der Waals surface area contributed by atoms with E-state index in [2.05, 4.69) is 10.1 Å². The van der Waals surface area contributed by atoms with Gasteiger partial charge in [-0.1, -0.05) is 12.1 Å². The first-order chi connectivity index (χ1) is 15.4. The van der Waals surface area contributed by atoms with E-state index in [1.807, 2.05) is 0 Å². The number of hydrogen-bond donors (Lipinski definition) is 1. The minimum atomic E-state index is -4.68. The maximum atomic E-state index is 13.7. The molecule has 0 heterocycles. The van der Waals surface area contributed by atoms with Crippen LogP contribution in [0, 0.1) is 12.7 Å². The van der Waals surface area contributed by atoms with Gasteiger partial charge in [0.1, 0.15) is 12.4 Å². The minimum Gasteiger partial charge on any atom is -0.368 e. The van der Waals surface area contributed by atoms with Gasteiger partial charge in [0.05, 0.1) is 18.8 Å². The van der Waals surface area contributed by atoms with Gasteiger partial charge in [0, 0.05) is 29.5 Å². The van der Waals surface area contributed by atoms with E-state index in [4.69, 9.17) is 4.74 Å². The Balaban J connectivity index is 1.19. The third-order valence-corrected chi connectivity index (χ3v) is 6.75. The largest absolute Gasteiger partial charge is 0.522 e. The van der Waals surface area contributed by atoms with Crippen molar-refractivity contribution in [2.24, 2.45) is 0 Å². The van der Waals surface area contributed by atoms with Gasteiger partial charge in [-0.25, -0.2) is 4.39 Å². The summed E-state index contributed by atoms with van der Waals surface area (Å²) in [7, 11) is 0. The Bertz CT molecular complexity index is 941. The van der Waals surface area contributed by atoms with Gasteiger partial charge in [-0.3, -0.25) is 19.1 Å². The normalized spacial score (nSPS) is 29.8. The quantitative estimate of drug-likeness (QED) is 0.322. The summed E-state index contributed by atoms with van der Waals surface area (Å²) in [4.78, 5) is 37.7. The molecule has 1 aromatic carbocycles. The molecule has 4 aliphatic rings. The molecule has 1 N–H and O–H groups in total. The lowest BCUT2D eigenvalue weighted by Crippen LogP contribution is -2.84. The van der Waals surface area contributed by atoms with Crippen molar-refractivity contribution in [3.05, 3.63) is 35.1 Å². The second-order valence-corrected chi connectivity index (χ2v) is 9.29. The summed E-state index contributed by atoms with van der Waals surface area (Å²) >= 11 is 0. The van der Waals surface area contributed by atoms with Crippen LogP contribution in [0.2, 0.25) is 0 Å². The summed E-state index contributed by atoms with van der Waals surface area (Å²) in [5.74, 6) is -1.24. The Morgan fingerprint density at radius 1 is 1.21 bits per heavy atom. The van der Waals surface area contributed by atoms with Crippen LogP contribution in [0.1, 0.15) is 48.0 Å². The Morgan fingerprint density at radius 3 is 2.45 bits per heavy atom. The van der Waals surface area contributed by atoms with Crippen LogP contribution in [-0.2, 0) is 19.1 Å². The van der Waals surface area contributed by atoms with E-state index in [1.165, 1.54) is 17.0 Å². The molecule has 4 aliphatic carbocycles. The molecule has 180 valence electrons. The molecule has 0 aliphatic heterocycles. The number of benzene rings is 1. The van der Waals surface area contributed by atoms with Crippen molar-refractivity contribution in [2.75, 3.05) is 13.2 Å². The van der Waals surface area contributed by atoms with Gasteiger partial charge in [0.15, 0.2) is 5.78 Å². The Labute approximate surface area is 187 Å². The molecule has 5 rings (SSSR count). The molecule has 4 fully saturated rings. The highest BCUT2D eigenvalue weighted by molar-refractivity contribution is 5.98. The van der Waals surface area contributed by atoms with Gasteiger partial charge in [-0.2, -0.15) is 0 Å². The zero-order valence-electron chi connectivity index (χ0n) is 17.9. The lowest BCUT2D eigenvalue weighted by Gasteiger charge is -2.72. The molecule has 0 spiro atoms. The topological polar surface area (TPSA) is 84.9 Å². The van der Waals surface area contributed by atoms with Crippen molar-refractivity contribution in [3.63, 3.8) is 0 Å². The number of aryl methyl sites for hydroxylation is 1. The minimum absolute atomic E-state index is 0.0776. The van der Waals surface area contributed by atoms with Gasteiger partial charge in [-0.05, 0) is 37.8 Å². The average molecular weight is 472 g/mol. The van der Waals surface area contributed by atoms with Gasteiger partial charge in [-0.15, -0.1) is 13.2 Å². The average Bonchev–Trinajstić information content (AvgIpc) is 2.64. The molecule has 2 bridgehead atoms. The summed E-state index contributed by atoms with van der Waals surface area (Å²) in [6, 6.07) is 4.19. The number of ketones is 1. The number of hydrogen-bond acceptors (Lipinski definition) is 5. The number of amides is 2. The van der Waals surface area contributed by atoms with Crippen LogP contribution >= 0.6 is 0 Å². The lowest BCUT2D eigenvalue weighted by atomic mass is 9.43. The number of rotatable bonds is 10. The summed E-state index contributed by atoms with van der Waals surface area (Å²) in [5.41, 5.74) is -0.366. The predicted octanol–water partition coefficient (Wildman–Crippen LogP) is 2.65. The number of nitrogens with one attached hydrogen (secondary N) is 1. The van der Waals surface area contributed by atoms with Crippen LogP contribution in [-0.4, -0.2) is 65.8 Å². The van der Waals surface area contributed by atoms with E-state index >= 15 is 0 Å². The van der Waals surface area contributed by atoms with Gasteiger partial charge >= 0.3 is 6.36 Å². The highest BCUT2D eigenvalue weighted by Crippen LogP contribution is 2.63. The van der Waals surface area contributed by atoms with E-state index in [0.29, 0.717) is 31.2 Å². The Kier molecular flexibility index (Phi) is 5.98. The highest BCUT2D eigenvalue weighted by atomic mass is 19.4. The fourth-order valence-corrected chi connectivity index (χ4v) is 4.96. The first kappa shape index (κ1) is 23.6. The number of alkyl halides is 3.